The smallest absolute Gasteiger partial charge is 0.403 e. The van der Waals surface area contributed by atoms with Crippen LogP contribution in [0.3, 0.4) is 0 Å². The molecule has 1 aromatic rings. The van der Waals surface area contributed by atoms with Crippen molar-refractivity contribution in [1.29, 1.82) is 0 Å². The summed E-state index contributed by atoms with van der Waals surface area (Å²) >= 11 is 0. The molecular weight excluding hydrogens is 261 g/mol. The summed E-state index contributed by atoms with van der Waals surface area (Å²) in [7, 11) is -0.258. The standard InChI is InChI=1S/C17H26BNO2/c1-12(18-20-15(2,3)16(4,5)21-18)17(19)11-10-13-8-6-7-9-14(13)17/h6-9,12H,10-11,19H2,1-5H3/t12-,17-/m0/s1. The van der Waals surface area contributed by atoms with Gasteiger partial charge >= 0.3 is 7.12 Å². The lowest BCUT2D eigenvalue weighted by molar-refractivity contribution is 0.00578. The zero-order valence-corrected chi connectivity index (χ0v) is 13.8. The minimum absolute atomic E-state index is 0.113. The second-order valence-electron chi connectivity index (χ2n) is 7.61. The lowest BCUT2D eigenvalue weighted by Gasteiger charge is -2.33. The van der Waals surface area contributed by atoms with E-state index in [1.165, 1.54) is 11.1 Å². The zero-order valence-electron chi connectivity index (χ0n) is 13.8. The maximum Gasteiger partial charge on any atom is 0.463 e. The number of benzene rings is 1. The fourth-order valence-electron chi connectivity index (χ4n) is 3.48. The van der Waals surface area contributed by atoms with Crippen LogP contribution in [0, 0.1) is 0 Å². The molecule has 0 spiro atoms. The van der Waals surface area contributed by atoms with Crippen LogP contribution in [0.1, 0.15) is 52.2 Å². The Morgan fingerprint density at radius 3 is 2.29 bits per heavy atom. The minimum atomic E-state index is -0.363. The van der Waals surface area contributed by atoms with E-state index in [1.807, 2.05) is 0 Å². The Morgan fingerprint density at radius 2 is 1.67 bits per heavy atom. The highest BCUT2D eigenvalue weighted by Gasteiger charge is 2.57. The highest BCUT2D eigenvalue weighted by atomic mass is 16.7. The summed E-state index contributed by atoms with van der Waals surface area (Å²) < 4.78 is 12.4. The van der Waals surface area contributed by atoms with Gasteiger partial charge in [-0.3, -0.25) is 0 Å². The average Bonchev–Trinajstić information content (AvgIpc) is 2.86. The zero-order chi connectivity index (χ0) is 15.5. The van der Waals surface area contributed by atoms with Gasteiger partial charge in [0.1, 0.15) is 0 Å². The molecule has 1 fully saturated rings. The molecule has 0 amide bonds. The average molecular weight is 287 g/mol. The van der Waals surface area contributed by atoms with Crippen LogP contribution >= 0.6 is 0 Å². The monoisotopic (exact) mass is 287 g/mol. The van der Waals surface area contributed by atoms with Gasteiger partial charge in [0.05, 0.1) is 11.2 Å². The van der Waals surface area contributed by atoms with Gasteiger partial charge in [0, 0.05) is 11.4 Å². The van der Waals surface area contributed by atoms with Crippen molar-refractivity contribution in [2.45, 2.75) is 70.0 Å². The van der Waals surface area contributed by atoms with Gasteiger partial charge in [-0.1, -0.05) is 31.2 Å². The summed E-state index contributed by atoms with van der Waals surface area (Å²) in [6.45, 7) is 10.5. The Bertz CT molecular complexity index is 541. The molecule has 1 saturated heterocycles. The molecule has 1 aromatic carbocycles. The highest BCUT2D eigenvalue weighted by molar-refractivity contribution is 6.47. The van der Waals surface area contributed by atoms with Gasteiger partial charge in [0.2, 0.25) is 0 Å². The first kappa shape index (κ1) is 15.1. The molecule has 1 aliphatic heterocycles. The Morgan fingerprint density at radius 1 is 1.10 bits per heavy atom. The maximum atomic E-state index is 6.81. The van der Waals surface area contributed by atoms with E-state index in [9.17, 15) is 0 Å². The molecule has 1 heterocycles. The summed E-state index contributed by atoms with van der Waals surface area (Å²) in [6, 6.07) is 8.50. The molecule has 0 radical (unpaired) electrons. The molecule has 1 aliphatic carbocycles. The molecule has 0 aromatic heterocycles. The highest BCUT2D eigenvalue weighted by Crippen LogP contribution is 2.48. The van der Waals surface area contributed by atoms with Crippen LogP contribution in [0.4, 0.5) is 0 Å². The Kier molecular flexibility index (Phi) is 3.29. The lowest BCUT2D eigenvalue weighted by Crippen LogP contribution is -2.45. The number of hydrogen-bond donors (Lipinski definition) is 1. The molecule has 2 aliphatic rings. The predicted molar refractivity (Wildman–Crippen MR) is 86.1 cm³/mol. The van der Waals surface area contributed by atoms with Crippen molar-refractivity contribution in [3.8, 4) is 0 Å². The molecule has 3 rings (SSSR count). The van der Waals surface area contributed by atoms with Crippen LogP contribution < -0.4 is 5.73 Å². The van der Waals surface area contributed by atoms with Crippen molar-refractivity contribution >= 4 is 7.12 Å². The van der Waals surface area contributed by atoms with Crippen molar-refractivity contribution in [2.24, 2.45) is 5.73 Å². The molecule has 0 bridgehead atoms. The van der Waals surface area contributed by atoms with E-state index in [0.29, 0.717) is 0 Å². The van der Waals surface area contributed by atoms with Gasteiger partial charge in [-0.2, -0.15) is 0 Å². The van der Waals surface area contributed by atoms with E-state index >= 15 is 0 Å². The van der Waals surface area contributed by atoms with Gasteiger partial charge in [-0.05, 0) is 51.7 Å². The van der Waals surface area contributed by atoms with Crippen molar-refractivity contribution in [1.82, 2.24) is 0 Å². The van der Waals surface area contributed by atoms with E-state index in [1.54, 1.807) is 0 Å². The number of nitrogens with two attached hydrogens (primary N) is 1. The molecule has 2 atom stereocenters. The number of rotatable bonds is 2. The van der Waals surface area contributed by atoms with Crippen LogP contribution in [0.5, 0.6) is 0 Å². The van der Waals surface area contributed by atoms with Crippen molar-refractivity contribution in [2.75, 3.05) is 0 Å². The quantitative estimate of drug-likeness (QED) is 0.849. The van der Waals surface area contributed by atoms with Crippen molar-refractivity contribution in [3.63, 3.8) is 0 Å². The van der Waals surface area contributed by atoms with Crippen molar-refractivity contribution in [3.05, 3.63) is 35.4 Å². The molecule has 3 nitrogen and oxygen atoms in total. The maximum absolute atomic E-state index is 6.81. The predicted octanol–water partition coefficient (Wildman–Crippen LogP) is 3.27. The first-order chi connectivity index (χ1) is 9.67. The van der Waals surface area contributed by atoms with Gasteiger partial charge in [0.25, 0.3) is 0 Å². The molecule has 0 unspecified atom stereocenters. The SMILES string of the molecule is C[C@H](B1OC(C)(C)C(C)(C)O1)[C@@]1(N)CCc2ccccc21. The Balaban J connectivity index is 1.89. The molecule has 0 saturated carbocycles. The van der Waals surface area contributed by atoms with E-state index in [0.717, 1.165) is 12.8 Å². The fourth-order valence-corrected chi connectivity index (χ4v) is 3.48. The number of fused-ring (bicyclic) bond motifs is 1. The van der Waals surface area contributed by atoms with Crippen LogP contribution in [0.2, 0.25) is 5.82 Å². The summed E-state index contributed by atoms with van der Waals surface area (Å²) in [6.07, 6.45) is 1.99. The van der Waals surface area contributed by atoms with Crippen LogP contribution in [-0.4, -0.2) is 18.3 Å². The topological polar surface area (TPSA) is 44.5 Å². The normalized spacial score (nSPS) is 31.2. The molecule has 114 valence electrons. The second-order valence-corrected chi connectivity index (χ2v) is 7.61. The molecule has 21 heavy (non-hydrogen) atoms. The minimum Gasteiger partial charge on any atom is -0.403 e. The van der Waals surface area contributed by atoms with Gasteiger partial charge < -0.3 is 15.0 Å². The Labute approximate surface area is 128 Å². The van der Waals surface area contributed by atoms with Crippen LogP contribution in [0.25, 0.3) is 0 Å². The van der Waals surface area contributed by atoms with Crippen molar-refractivity contribution < 1.29 is 9.31 Å². The summed E-state index contributed by atoms with van der Waals surface area (Å²) in [4.78, 5) is 0. The summed E-state index contributed by atoms with van der Waals surface area (Å²) in [5.41, 5.74) is 8.46. The largest absolute Gasteiger partial charge is 0.463 e. The van der Waals surface area contributed by atoms with Crippen LogP contribution in [-0.2, 0) is 21.3 Å². The number of aryl methyl sites for hydroxylation is 1. The first-order valence-corrected chi connectivity index (χ1v) is 7.90. The third kappa shape index (κ3) is 2.16. The van der Waals surface area contributed by atoms with E-state index in [-0.39, 0.29) is 29.7 Å². The van der Waals surface area contributed by atoms with E-state index in [2.05, 4.69) is 58.9 Å². The summed E-state index contributed by atoms with van der Waals surface area (Å²) in [5.74, 6) is 0.113. The lowest BCUT2D eigenvalue weighted by atomic mass is 9.60. The second kappa shape index (κ2) is 4.58. The van der Waals surface area contributed by atoms with Gasteiger partial charge in [-0.25, -0.2) is 0 Å². The fraction of sp³-hybridized carbons (Fsp3) is 0.647. The van der Waals surface area contributed by atoms with E-state index in [4.69, 9.17) is 15.0 Å². The third-order valence-electron chi connectivity index (χ3n) is 5.82. The molecule has 2 N–H and O–H groups in total. The molecular formula is C17H26BNO2. The Hall–Kier alpha value is -0.835. The summed E-state index contributed by atoms with van der Waals surface area (Å²) in [5, 5.41) is 0. The van der Waals surface area contributed by atoms with E-state index < -0.39 is 0 Å². The third-order valence-corrected chi connectivity index (χ3v) is 5.82. The molecule has 4 heteroatoms. The first-order valence-electron chi connectivity index (χ1n) is 7.90. The van der Waals surface area contributed by atoms with Crippen LogP contribution in [0.15, 0.2) is 24.3 Å². The number of hydrogen-bond acceptors (Lipinski definition) is 3. The van der Waals surface area contributed by atoms with Gasteiger partial charge in [0.15, 0.2) is 0 Å². The van der Waals surface area contributed by atoms with Gasteiger partial charge in [-0.15, -0.1) is 0 Å².